The SMILES string of the molecule is Cc1noc(C2CCN(Cc3cn[nH]c3-c3cccc(Cl)c3)C2)n1. The van der Waals surface area contributed by atoms with E-state index in [1.807, 2.05) is 37.4 Å². The summed E-state index contributed by atoms with van der Waals surface area (Å²) in [4.78, 5) is 6.75. The van der Waals surface area contributed by atoms with Crippen LogP contribution in [0.4, 0.5) is 0 Å². The maximum Gasteiger partial charge on any atom is 0.231 e. The van der Waals surface area contributed by atoms with Crippen LogP contribution in [-0.2, 0) is 6.54 Å². The van der Waals surface area contributed by atoms with Crippen molar-refractivity contribution >= 4 is 11.6 Å². The fourth-order valence-corrected chi connectivity index (χ4v) is 3.41. The van der Waals surface area contributed by atoms with Crippen LogP contribution in [0.2, 0.25) is 5.02 Å². The third kappa shape index (κ3) is 3.07. The summed E-state index contributed by atoms with van der Waals surface area (Å²) in [6.45, 7) is 4.61. The Balaban J connectivity index is 1.48. The number of halogens is 1. The molecule has 1 aliphatic heterocycles. The van der Waals surface area contributed by atoms with E-state index in [1.165, 1.54) is 5.56 Å². The molecule has 24 heavy (non-hydrogen) atoms. The number of hydrogen-bond acceptors (Lipinski definition) is 5. The van der Waals surface area contributed by atoms with Crippen molar-refractivity contribution in [3.63, 3.8) is 0 Å². The molecule has 1 atom stereocenters. The molecule has 3 heterocycles. The van der Waals surface area contributed by atoms with Crippen molar-refractivity contribution in [2.75, 3.05) is 13.1 Å². The molecule has 6 nitrogen and oxygen atoms in total. The minimum absolute atomic E-state index is 0.313. The first-order valence-corrected chi connectivity index (χ1v) is 8.37. The summed E-state index contributed by atoms with van der Waals surface area (Å²) in [7, 11) is 0. The molecule has 0 bridgehead atoms. The van der Waals surface area contributed by atoms with Gasteiger partial charge in [-0.15, -0.1) is 0 Å². The Hall–Kier alpha value is -2.18. The molecule has 0 aliphatic carbocycles. The lowest BCUT2D eigenvalue weighted by Crippen LogP contribution is -2.20. The van der Waals surface area contributed by atoms with Gasteiger partial charge in [0.05, 0.1) is 17.8 Å². The van der Waals surface area contributed by atoms with Crippen LogP contribution < -0.4 is 0 Å². The van der Waals surface area contributed by atoms with Crippen LogP contribution in [0.5, 0.6) is 0 Å². The third-order valence-electron chi connectivity index (χ3n) is 4.39. The van der Waals surface area contributed by atoms with Gasteiger partial charge in [0, 0.05) is 29.2 Å². The fraction of sp³-hybridized carbons (Fsp3) is 0.353. The summed E-state index contributed by atoms with van der Waals surface area (Å²) in [6.07, 6.45) is 2.92. The predicted molar refractivity (Wildman–Crippen MR) is 90.7 cm³/mol. The van der Waals surface area contributed by atoms with Crippen molar-refractivity contribution < 1.29 is 4.52 Å². The van der Waals surface area contributed by atoms with E-state index in [2.05, 4.69) is 25.2 Å². The number of aryl methyl sites for hydroxylation is 1. The van der Waals surface area contributed by atoms with Crippen molar-refractivity contribution in [2.24, 2.45) is 0 Å². The molecular weight excluding hydrogens is 326 g/mol. The minimum atomic E-state index is 0.313. The first-order chi connectivity index (χ1) is 11.7. The number of hydrogen-bond donors (Lipinski definition) is 1. The Morgan fingerprint density at radius 2 is 2.33 bits per heavy atom. The molecule has 1 fully saturated rings. The lowest BCUT2D eigenvalue weighted by molar-refractivity contribution is 0.309. The number of H-pyrrole nitrogens is 1. The summed E-state index contributed by atoms with van der Waals surface area (Å²) in [6, 6.07) is 7.81. The topological polar surface area (TPSA) is 70.8 Å². The van der Waals surface area contributed by atoms with Gasteiger partial charge in [0.15, 0.2) is 5.82 Å². The number of aromatic nitrogens is 4. The Morgan fingerprint density at radius 1 is 1.42 bits per heavy atom. The average molecular weight is 344 g/mol. The molecule has 2 aromatic heterocycles. The van der Waals surface area contributed by atoms with Crippen LogP contribution in [0.15, 0.2) is 35.0 Å². The Morgan fingerprint density at radius 3 is 3.12 bits per heavy atom. The third-order valence-corrected chi connectivity index (χ3v) is 4.63. The summed E-state index contributed by atoms with van der Waals surface area (Å²) >= 11 is 6.11. The zero-order valence-electron chi connectivity index (χ0n) is 13.4. The standard InChI is InChI=1S/C17H18ClN5O/c1-11-20-17(24-22-11)13-5-6-23(9-13)10-14-8-19-21-16(14)12-3-2-4-15(18)7-12/h2-4,7-8,13H,5-6,9-10H2,1H3,(H,19,21). The second kappa shape index (κ2) is 6.37. The van der Waals surface area contributed by atoms with Gasteiger partial charge >= 0.3 is 0 Å². The first-order valence-electron chi connectivity index (χ1n) is 8.00. The van der Waals surface area contributed by atoms with Crippen LogP contribution in [0.3, 0.4) is 0 Å². The van der Waals surface area contributed by atoms with Gasteiger partial charge in [-0.25, -0.2) is 0 Å². The number of nitrogens with zero attached hydrogens (tertiary/aromatic N) is 4. The Labute approximate surface area is 144 Å². The molecular formula is C17H18ClN5O. The molecule has 1 unspecified atom stereocenters. The van der Waals surface area contributed by atoms with Crippen molar-refractivity contribution in [3.8, 4) is 11.3 Å². The fourth-order valence-electron chi connectivity index (χ4n) is 3.22. The van der Waals surface area contributed by atoms with E-state index >= 15 is 0 Å². The highest BCUT2D eigenvalue weighted by molar-refractivity contribution is 6.30. The summed E-state index contributed by atoms with van der Waals surface area (Å²) in [5.41, 5.74) is 3.24. The van der Waals surface area contributed by atoms with Crippen molar-refractivity contribution in [2.45, 2.75) is 25.8 Å². The maximum atomic E-state index is 6.11. The lowest BCUT2D eigenvalue weighted by atomic mass is 10.1. The van der Waals surface area contributed by atoms with E-state index in [0.717, 1.165) is 48.2 Å². The van der Waals surface area contributed by atoms with Gasteiger partial charge in [-0.1, -0.05) is 28.9 Å². The molecule has 0 radical (unpaired) electrons. The second-order valence-corrected chi connectivity index (χ2v) is 6.62. The molecule has 7 heteroatoms. The van der Waals surface area contributed by atoms with Crippen LogP contribution in [0.25, 0.3) is 11.3 Å². The molecule has 0 saturated carbocycles. The molecule has 3 aromatic rings. The van der Waals surface area contributed by atoms with Crippen molar-refractivity contribution in [1.82, 2.24) is 25.2 Å². The highest BCUT2D eigenvalue weighted by atomic mass is 35.5. The molecule has 1 aromatic carbocycles. The minimum Gasteiger partial charge on any atom is -0.339 e. The molecule has 0 spiro atoms. The van der Waals surface area contributed by atoms with Gasteiger partial charge in [-0.2, -0.15) is 10.1 Å². The van der Waals surface area contributed by atoms with Gasteiger partial charge in [0.2, 0.25) is 5.89 Å². The van der Waals surface area contributed by atoms with Gasteiger partial charge < -0.3 is 4.52 Å². The number of likely N-dealkylation sites (tertiary alicyclic amines) is 1. The van der Waals surface area contributed by atoms with E-state index in [1.54, 1.807) is 0 Å². The lowest BCUT2D eigenvalue weighted by Gasteiger charge is -2.15. The van der Waals surface area contributed by atoms with Gasteiger partial charge in [0.25, 0.3) is 0 Å². The highest BCUT2D eigenvalue weighted by Crippen LogP contribution is 2.29. The number of rotatable bonds is 4. The van der Waals surface area contributed by atoms with E-state index in [9.17, 15) is 0 Å². The largest absolute Gasteiger partial charge is 0.339 e. The Bertz CT molecular complexity index is 843. The maximum absolute atomic E-state index is 6.11. The van der Waals surface area contributed by atoms with E-state index < -0.39 is 0 Å². The number of benzene rings is 1. The van der Waals surface area contributed by atoms with Crippen LogP contribution in [-0.4, -0.2) is 38.3 Å². The normalized spacial score (nSPS) is 18.3. The zero-order chi connectivity index (χ0) is 16.5. The van der Waals surface area contributed by atoms with E-state index in [0.29, 0.717) is 11.7 Å². The quantitative estimate of drug-likeness (QED) is 0.786. The van der Waals surface area contributed by atoms with Gasteiger partial charge in [-0.05, 0) is 32.0 Å². The number of aromatic amines is 1. The summed E-state index contributed by atoms with van der Waals surface area (Å²) < 4.78 is 5.32. The second-order valence-electron chi connectivity index (χ2n) is 6.18. The molecule has 1 N–H and O–H groups in total. The monoisotopic (exact) mass is 343 g/mol. The summed E-state index contributed by atoms with van der Waals surface area (Å²) in [5.74, 6) is 1.76. The zero-order valence-corrected chi connectivity index (χ0v) is 14.1. The van der Waals surface area contributed by atoms with Crippen molar-refractivity contribution in [1.29, 1.82) is 0 Å². The van der Waals surface area contributed by atoms with Crippen LogP contribution in [0, 0.1) is 6.92 Å². The summed E-state index contributed by atoms with van der Waals surface area (Å²) in [5, 5.41) is 11.9. The highest BCUT2D eigenvalue weighted by Gasteiger charge is 2.28. The number of nitrogens with one attached hydrogen (secondary N) is 1. The van der Waals surface area contributed by atoms with E-state index in [4.69, 9.17) is 16.1 Å². The predicted octanol–water partition coefficient (Wildman–Crippen LogP) is 3.41. The van der Waals surface area contributed by atoms with E-state index in [-0.39, 0.29) is 0 Å². The molecule has 1 aliphatic rings. The first kappa shape index (κ1) is 15.4. The van der Waals surface area contributed by atoms with Crippen LogP contribution >= 0.6 is 11.6 Å². The van der Waals surface area contributed by atoms with Crippen LogP contribution in [0.1, 0.15) is 29.6 Å². The molecule has 0 amide bonds. The van der Waals surface area contributed by atoms with Gasteiger partial charge in [-0.3, -0.25) is 10.00 Å². The van der Waals surface area contributed by atoms with Crippen molar-refractivity contribution in [3.05, 3.63) is 52.8 Å². The molecule has 124 valence electrons. The Kier molecular flexibility index (Phi) is 4.08. The molecule has 4 rings (SSSR count). The van der Waals surface area contributed by atoms with Gasteiger partial charge in [0.1, 0.15) is 0 Å². The smallest absolute Gasteiger partial charge is 0.231 e. The average Bonchev–Trinajstić information content (AvgIpc) is 3.28. The molecule has 1 saturated heterocycles.